The Morgan fingerprint density at radius 3 is 1.31 bits per heavy atom. The lowest BCUT2D eigenvalue weighted by molar-refractivity contribution is 0.660. The number of benzene rings is 12. The van der Waals surface area contributed by atoms with Gasteiger partial charge in [-0.2, -0.15) is 0 Å². The van der Waals surface area contributed by atoms with Crippen molar-refractivity contribution in [3.63, 3.8) is 0 Å². The zero-order valence-electron chi connectivity index (χ0n) is 43.1. The van der Waals surface area contributed by atoms with E-state index in [-0.39, 0.29) is 5.41 Å². The summed E-state index contributed by atoms with van der Waals surface area (Å²) in [4.78, 5) is 2.38. The summed E-state index contributed by atoms with van der Waals surface area (Å²) in [6.45, 7) is 4.72. The summed E-state index contributed by atoms with van der Waals surface area (Å²) < 4.78 is 2.47. The van der Waals surface area contributed by atoms with Gasteiger partial charge in [-0.3, -0.25) is 0 Å². The lowest BCUT2D eigenvalue weighted by Crippen LogP contribution is -2.15. The molecule has 0 spiro atoms. The molecule has 1 aliphatic rings. The van der Waals surface area contributed by atoms with E-state index in [1.165, 1.54) is 105 Å². The number of nitrogens with zero attached hydrogens (tertiary/aromatic N) is 2. The van der Waals surface area contributed by atoms with E-state index in [2.05, 4.69) is 315 Å². The van der Waals surface area contributed by atoms with E-state index < -0.39 is 0 Å². The third-order valence-electron chi connectivity index (χ3n) is 16.0. The molecule has 0 aliphatic heterocycles. The molecule has 0 radical (unpaired) electrons. The minimum absolute atomic E-state index is 0.0942. The Balaban J connectivity index is 0.827. The number of rotatable bonds is 10. The van der Waals surface area contributed by atoms with Crippen molar-refractivity contribution in [1.29, 1.82) is 0 Å². The van der Waals surface area contributed by atoms with Crippen LogP contribution in [-0.2, 0) is 5.41 Å². The molecule has 2 nitrogen and oxygen atoms in total. The first kappa shape index (κ1) is 45.8. The molecule has 1 aromatic heterocycles. The summed E-state index contributed by atoms with van der Waals surface area (Å²) in [5.41, 5.74) is 26.5. The second-order valence-corrected chi connectivity index (χ2v) is 20.9. The highest BCUT2D eigenvalue weighted by molar-refractivity contribution is 6.16. The van der Waals surface area contributed by atoms with Crippen molar-refractivity contribution in [3.8, 4) is 83.6 Å². The monoisotopic (exact) mass is 982 g/mol. The van der Waals surface area contributed by atoms with Crippen LogP contribution in [0.1, 0.15) is 25.0 Å². The molecule has 0 amide bonds. The summed E-state index contributed by atoms with van der Waals surface area (Å²) in [5, 5.41) is 2.50. The van der Waals surface area contributed by atoms with Crippen LogP contribution in [0.25, 0.3) is 105 Å². The van der Waals surface area contributed by atoms with Crippen molar-refractivity contribution in [1.82, 2.24) is 4.57 Å². The number of hydrogen-bond donors (Lipinski definition) is 0. The molecule has 0 saturated heterocycles. The van der Waals surface area contributed by atoms with Gasteiger partial charge >= 0.3 is 0 Å². The van der Waals surface area contributed by atoms with E-state index in [9.17, 15) is 0 Å². The van der Waals surface area contributed by atoms with Crippen LogP contribution in [-0.4, -0.2) is 4.57 Å². The van der Waals surface area contributed by atoms with Crippen LogP contribution in [0.3, 0.4) is 0 Å². The first-order chi connectivity index (χ1) is 37.9. The number of aromatic nitrogens is 1. The fourth-order valence-electron chi connectivity index (χ4n) is 12.1. The van der Waals surface area contributed by atoms with E-state index >= 15 is 0 Å². The van der Waals surface area contributed by atoms with E-state index in [0.717, 1.165) is 28.2 Å². The average molecular weight is 983 g/mol. The second-order valence-electron chi connectivity index (χ2n) is 20.9. The standard InChI is InChI=1S/C75H54N2/c1-75(2)70-27-11-9-24-67(70)68-47-46-65(50-71(68)75)77-72-28-12-10-25-69(72)74-66(26-15-29-73(74)77)61-22-13-20-59(48-61)60-21-14-23-64(49-60)76(62-42-38-57(39-43-62)55-34-30-53(31-35-55)51-16-5-3-6-17-51)63-44-40-58(41-45-63)56-36-32-54(33-37-56)52-18-7-4-8-19-52/h3-50H,1-2H3. The maximum atomic E-state index is 2.47. The van der Waals surface area contributed by atoms with E-state index in [0.29, 0.717) is 0 Å². The molecule has 77 heavy (non-hydrogen) atoms. The Morgan fingerprint density at radius 1 is 0.273 bits per heavy atom. The van der Waals surface area contributed by atoms with Crippen LogP contribution in [0.2, 0.25) is 0 Å². The van der Waals surface area contributed by atoms with Crippen molar-refractivity contribution in [2.24, 2.45) is 0 Å². The molecule has 1 heterocycles. The van der Waals surface area contributed by atoms with Gasteiger partial charge in [-0.15, -0.1) is 0 Å². The van der Waals surface area contributed by atoms with Gasteiger partial charge in [0.05, 0.1) is 11.0 Å². The van der Waals surface area contributed by atoms with Crippen LogP contribution >= 0.6 is 0 Å². The molecule has 12 aromatic carbocycles. The molecule has 364 valence electrons. The molecular formula is C75H54N2. The Bertz CT molecular complexity index is 4170. The molecule has 0 unspecified atom stereocenters. The molecular weight excluding hydrogens is 929 g/mol. The molecule has 14 rings (SSSR count). The normalized spacial score (nSPS) is 12.4. The molecule has 0 saturated carbocycles. The van der Waals surface area contributed by atoms with Gasteiger partial charge in [0.2, 0.25) is 0 Å². The van der Waals surface area contributed by atoms with Crippen LogP contribution in [0.4, 0.5) is 17.1 Å². The van der Waals surface area contributed by atoms with E-state index in [1.54, 1.807) is 0 Å². The maximum absolute atomic E-state index is 2.47. The van der Waals surface area contributed by atoms with Gasteiger partial charge in [-0.05, 0) is 156 Å². The summed E-state index contributed by atoms with van der Waals surface area (Å²) in [6, 6.07) is 107. The fraction of sp³-hybridized carbons (Fsp3) is 0.0400. The van der Waals surface area contributed by atoms with Crippen molar-refractivity contribution >= 4 is 38.9 Å². The van der Waals surface area contributed by atoms with Gasteiger partial charge in [0.25, 0.3) is 0 Å². The van der Waals surface area contributed by atoms with Crippen molar-refractivity contribution in [2.75, 3.05) is 4.90 Å². The van der Waals surface area contributed by atoms with Crippen LogP contribution in [0, 0.1) is 0 Å². The largest absolute Gasteiger partial charge is 0.310 e. The number of para-hydroxylation sites is 1. The lowest BCUT2D eigenvalue weighted by Gasteiger charge is -2.26. The summed E-state index contributed by atoms with van der Waals surface area (Å²) in [5.74, 6) is 0. The van der Waals surface area contributed by atoms with E-state index in [4.69, 9.17) is 0 Å². The Hall–Kier alpha value is -9.76. The maximum Gasteiger partial charge on any atom is 0.0547 e. The number of fused-ring (bicyclic) bond motifs is 6. The SMILES string of the molecule is CC1(C)c2ccccc2-c2ccc(-n3c4ccccc4c4c(-c5cccc(-c6cccc(N(c7ccc(-c8ccc(-c9ccccc9)cc8)cc7)c7ccc(-c8ccc(-c9ccccc9)cc8)cc7)c6)c5)cccc43)cc21. The zero-order valence-corrected chi connectivity index (χ0v) is 43.1. The topological polar surface area (TPSA) is 8.17 Å². The van der Waals surface area contributed by atoms with Crippen LogP contribution in [0.5, 0.6) is 0 Å². The summed E-state index contributed by atoms with van der Waals surface area (Å²) in [6.07, 6.45) is 0. The fourth-order valence-corrected chi connectivity index (χ4v) is 12.1. The van der Waals surface area contributed by atoms with Crippen molar-refractivity contribution < 1.29 is 0 Å². The molecule has 0 fully saturated rings. The van der Waals surface area contributed by atoms with E-state index in [1.807, 2.05) is 0 Å². The highest BCUT2D eigenvalue weighted by Gasteiger charge is 2.35. The van der Waals surface area contributed by atoms with Gasteiger partial charge in [0, 0.05) is 38.9 Å². The number of anilines is 3. The third-order valence-corrected chi connectivity index (χ3v) is 16.0. The third kappa shape index (κ3) is 8.14. The van der Waals surface area contributed by atoms with Gasteiger partial charge in [0.1, 0.15) is 0 Å². The molecule has 0 bridgehead atoms. The second kappa shape index (κ2) is 18.9. The summed E-state index contributed by atoms with van der Waals surface area (Å²) in [7, 11) is 0. The minimum atomic E-state index is -0.0942. The average Bonchev–Trinajstić information content (AvgIpc) is 4.01. The molecule has 0 atom stereocenters. The highest BCUT2D eigenvalue weighted by atomic mass is 15.1. The predicted octanol–water partition coefficient (Wildman–Crippen LogP) is 20.6. The lowest BCUT2D eigenvalue weighted by atomic mass is 9.82. The van der Waals surface area contributed by atoms with Crippen molar-refractivity contribution in [2.45, 2.75) is 19.3 Å². The van der Waals surface area contributed by atoms with Crippen LogP contribution in [0.15, 0.2) is 291 Å². The smallest absolute Gasteiger partial charge is 0.0547 e. The quantitative estimate of drug-likeness (QED) is 0.133. The molecule has 2 heteroatoms. The van der Waals surface area contributed by atoms with Gasteiger partial charge in [0.15, 0.2) is 0 Å². The first-order valence-electron chi connectivity index (χ1n) is 26.7. The molecule has 1 aliphatic carbocycles. The summed E-state index contributed by atoms with van der Waals surface area (Å²) >= 11 is 0. The highest BCUT2D eigenvalue weighted by Crippen LogP contribution is 2.50. The Labute approximate surface area is 451 Å². The van der Waals surface area contributed by atoms with Crippen LogP contribution < -0.4 is 4.90 Å². The minimum Gasteiger partial charge on any atom is -0.310 e. The van der Waals surface area contributed by atoms with Crippen molar-refractivity contribution in [3.05, 3.63) is 302 Å². The molecule has 0 N–H and O–H groups in total. The van der Waals surface area contributed by atoms with Gasteiger partial charge in [-0.1, -0.05) is 238 Å². The Kier molecular flexibility index (Phi) is 11.2. The van der Waals surface area contributed by atoms with Gasteiger partial charge < -0.3 is 9.47 Å². The Morgan fingerprint density at radius 2 is 0.701 bits per heavy atom. The molecule has 13 aromatic rings. The van der Waals surface area contributed by atoms with Gasteiger partial charge in [-0.25, -0.2) is 0 Å². The predicted molar refractivity (Wildman–Crippen MR) is 326 cm³/mol. The first-order valence-corrected chi connectivity index (χ1v) is 26.7. The zero-order chi connectivity index (χ0) is 51.5. The number of hydrogen-bond acceptors (Lipinski definition) is 1.